The predicted molar refractivity (Wildman–Crippen MR) is 122 cm³/mol. The summed E-state index contributed by atoms with van der Waals surface area (Å²) in [5.74, 6) is 1.29. The second kappa shape index (κ2) is 10.00. The summed E-state index contributed by atoms with van der Waals surface area (Å²) in [6.45, 7) is 3.46. The Morgan fingerprint density at radius 2 is 2.00 bits per heavy atom. The maximum atomic E-state index is 13.6. The van der Waals surface area contributed by atoms with Crippen LogP contribution in [0, 0.1) is 12.7 Å². The lowest BCUT2D eigenvalue weighted by Crippen LogP contribution is -2.42. The molecule has 0 saturated carbocycles. The Bertz CT molecular complexity index is 1030. The van der Waals surface area contributed by atoms with Gasteiger partial charge in [-0.3, -0.25) is 9.71 Å². The quantitative estimate of drug-likeness (QED) is 0.503. The van der Waals surface area contributed by atoms with E-state index in [0.717, 1.165) is 25.3 Å². The highest BCUT2D eigenvalue weighted by Crippen LogP contribution is 2.28. The van der Waals surface area contributed by atoms with E-state index in [9.17, 15) is 12.8 Å². The summed E-state index contributed by atoms with van der Waals surface area (Å²) in [6, 6.07) is 12.4. The van der Waals surface area contributed by atoms with Crippen LogP contribution in [0.15, 0.2) is 47.5 Å². The molecule has 3 rings (SSSR count). The van der Waals surface area contributed by atoms with Crippen molar-refractivity contribution < 1.29 is 17.5 Å². The fourth-order valence-corrected chi connectivity index (χ4v) is 4.58. The average Bonchev–Trinajstić information content (AvgIpc) is 3.23. The van der Waals surface area contributed by atoms with Crippen molar-refractivity contribution in [2.75, 3.05) is 44.3 Å². The Balaban J connectivity index is 1.51. The number of benzene rings is 2. The largest absolute Gasteiger partial charge is 0.497 e. The first kappa shape index (κ1) is 22.9. The lowest BCUT2D eigenvalue weighted by Gasteiger charge is -2.22. The lowest BCUT2D eigenvalue weighted by molar-refractivity contribution is 0.414. The molecular formula is C22H29FN4O3S. The minimum absolute atomic E-state index is 0.155. The van der Waals surface area contributed by atoms with Gasteiger partial charge in [-0.25, -0.2) is 12.8 Å². The zero-order valence-electron chi connectivity index (χ0n) is 18.1. The third kappa shape index (κ3) is 6.10. The van der Waals surface area contributed by atoms with Gasteiger partial charge >= 0.3 is 0 Å². The number of methoxy groups -OCH3 is 1. The van der Waals surface area contributed by atoms with Crippen molar-refractivity contribution in [3.05, 3.63) is 59.4 Å². The van der Waals surface area contributed by atoms with E-state index in [1.165, 1.54) is 11.6 Å². The van der Waals surface area contributed by atoms with Crippen molar-refractivity contribution in [3.63, 3.8) is 0 Å². The molecule has 2 aromatic carbocycles. The highest BCUT2D eigenvalue weighted by Gasteiger charge is 2.26. The van der Waals surface area contributed by atoms with E-state index in [4.69, 9.17) is 4.74 Å². The van der Waals surface area contributed by atoms with Crippen LogP contribution in [0.4, 0.5) is 10.1 Å². The molecule has 1 heterocycles. The average molecular weight is 449 g/mol. The van der Waals surface area contributed by atoms with E-state index in [1.54, 1.807) is 33.2 Å². The van der Waals surface area contributed by atoms with Crippen molar-refractivity contribution in [2.45, 2.75) is 19.3 Å². The van der Waals surface area contributed by atoms with Crippen molar-refractivity contribution in [1.29, 1.82) is 0 Å². The van der Waals surface area contributed by atoms with Gasteiger partial charge in [-0.05, 0) is 48.7 Å². The summed E-state index contributed by atoms with van der Waals surface area (Å²) in [4.78, 5) is 6.43. The number of sulfonamides is 1. The van der Waals surface area contributed by atoms with Gasteiger partial charge in [-0.1, -0.05) is 18.2 Å². The lowest BCUT2D eigenvalue weighted by atomic mass is 9.98. The number of hydrogen-bond acceptors (Lipinski definition) is 4. The molecule has 168 valence electrons. The number of nitrogens with zero attached hydrogens (tertiary/aromatic N) is 2. The van der Waals surface area contributed by atoms with Gasteiger partial charge in [0.25, 0.3) is 0 Å². The number of aliphatic imine (C=N–C) groups is 1. The molecule has 1 aliphatic heterocycles. The smallest absolute Gasteiger partial charge is 0.234 e. The van der Waals surface area contributed by atoms with E-state index in [-0.39, 0.29) is 18.0 Å². The molecule has 2 aromatic rings. The minimum Gasteiger partial charge on any atom is -0.497 e. The van der Waals surface area contributed by atoms with Gasteiger partial charge in [-0.2, -0.15) is 0 Å². The Hall–Kier alpha value is -2.81. The molecule has 0 radical (unpaired) electrons. The summed E-state index contributed by atoms with van der Waals surface area (Å²) in [5.41, 5.74) is 1.93. The van der Waals surface area contributed by atoms with E-state index in [1.807, 2.05) is 12.1 Å². The summed E-state index contributed by atoms with van der Waals surface area (Å²) < 4.78 is 46.0. The third-order valence-electron chi connectivity index (χ3n) is 5.39. The molecule has 1 aliphatic rings. The number of rotatable bonds is 7. The zero-order valence-corrected chi connectivity index (χ0v) is 18.9. The SMILES string of the molecule is CN=C(NCCS(=O)(=O)Nc1ccc(C)c(F)c1)N1CCC(c2ccc(OC)cc2)C1. The minimum atomic E-state index is -3.62. The van der Waals surface area contributed by atoms with Crippen LogP contribution in [0.3, 0.4) is 0 Å². The molecular weight excluding hydrogens is 419 g/mol. The van der Waals surface area contributed by atoms with Gasteiger partial charge in [-0.15, -0.1) is 0 Å². The molecule has 0 spiro atoms. The molecule has 31 heavy (non-hydrogen) atoms. The standard InChI is InChI=1S/C22H29FN4O3S/c1-16-4-7-19(14-21(16)23)26-31(28,29)13-11-25-22(24-2)27-12-10-18(15-27)17-5-8-20(30-3)9-6-17/h4-9,14,18,26H,10-13,15H2,1-3H3,(H,24,25). The highest BCUT2D eigenvalue weighted by atomic mass is 32.2. The monoisotopic (exact) mass is 448 g/mol. The van der Waals surface area contributed by atoms with Crippen molar-refractivity contribution in [2.24, 2.45) is 4.99 Å². The Morgan fingerprint density at radius 3 is 2.65 bits per heavy atom. The highest BCUT2D eigenvalue weighted by molar-refractivity contribution is 7.92. The number of aryl methyl sites for hydroxylation is 1. The first-order chi connectivity index (χ1) is 14.8. The molecule has 9 heteroatoms. The number of anilines is 1. The van der Waals surface area contributed by atoms with Crippen molar-refractivity contribution in [3.8, 4) is 5.75 Å². The third-order valence-corrected chi connectivity index (χ3v) is 6.67. The first-order valence-corrected chi connectivity index (χ1v) is 11.8. The van der Waals surface area contributed by atoms with Crippen LogP contribution in [0.1, 0.15) is 23.5 Å². The molecule has 0 aliphatic carbocycles. The van der Waals surface area contributed by atoms with Crippen LogP contribution < -0.4 is 14.8 Å². The number of hydrogen-bond donors (Lipinski definition) is 2. The normalized spacial score (nSPS) is 17.0. The first-order valence-electron chi connectivity index (χ1n) is 10.2. The van der Waals surface area contributed by atoms with Gasteiger partial charge < -0.3 is 15.0 Å². The molecule has 0 aromatic heterocycles. The van der Waals surface area contributed by atoms with E-state index >= 15 is 0 Å². The Morgan fingerprint density at radius 1 is 1.26 bits per heavy atom. The molecule has 0 amide bonds. The van der Waals surface area contributed by atoms with Crippen molar-refractivity contribution in [1.82, 2.24) is 10.2 Å². The molecule has 1 unspecified atom stereocenters. The van der Waals surface area contributed by atoms with Crippen LogP contribution in [0.2, 0.25) is 0 Å². The molecule has 1 fully saturated rings. The van der Waals surface area contributed by atoms with E-state index < -0.39 is 15.8 Å². The van der Waals surface area contributed by atoms with E-state index in [0.29, 0.717) is 17.4 Å². The van der Waals surface area contributed by atoms with Gasteiger partial charge in [0.05, 0.1) is 18.6 Å². The fourth-order valence-electron chi connectivity index (χ4n) is 3.62. The maximum absolute atomic E-state index is 13.6. The van der Waals surface area contributed by atoms with Crippen LogP contribution >= 0.6 is 0 Å². The predicted octanol–water partition coefficient (Wildman–Crippen LogP) is 2.95. The number of guanidine groups is 1. The molecule has 0 bridgehead atoms. The van der Waals surface area contributed by atoms with Crippen LogP contribution in [-0.2, 0) is 10.0 Å². The molecule has 2 N–H and O–H groups in total. The van der Waals surface area contributed by atoms with Crippen LogP contribution in [-0.4, -0.2) is 58.8 Å². The topological polar surface area (TPSA) is 83.0 Å². The summed E-state index contributed by atoms with van der Waals surface area (Å²) in [6.07, 6.45) is 0.992. The van der Waals surface area contributed by atoms with Gasteiger partial charge in [0.15, 0.2) is 5.96 Å². The summed E-state index contributed by atoms with van der Waals surface area (Å²) in [7, 11) is -0.282. The summed E-state index contributed by atoms with van der Waals surface area (Å²) >= 11 is 0. The van der Waals surface area contributed by atoms with Crippen LogP contribution in [0.5, 0.6) is 5.75 Å². The Labute approximate surface area is 183 Å². The maximum Gasteiger partial charge on any atom is 0.234 e. The van der Waals surface area contributed by atoms with Gasteiger partial charge in [0, 0.05) is 32.6 Å². The number of halogens is 1. The zero-order chi connectivity index (χ0) is 22.4. The van der Waals surface area contributed by atoms with Gasteiger partial charge in [0.1, 0.15) is 11.6 Å². The van der Waals surface area contributed by atoms with E-state index in [2.05, 4.69) is 32.1 Å². The Kier molecular flexibility index (Phi) is 7.37. The number of likely N-dealkylation sites (tertiary alicyclic amines) is 1. The fraction of sp³-hybridized carbons (Fsp3) is 0.409. The molecule has 1 saturated heterocycles. The number of nitrogens with one attached hydrogen (secondary N) is 2. The second-order valence-corrected chi connectivity index (χ2v) is 9.41. The van der Waals surface area contributed by atoms with Gasteiger partial charge in [0.2, 0.25) is 10.0 Å². The molecule has 7 nitrogen and oxygen atoms in total. The summed E-state index contributed by atoms with van der Waals surface area (Å²) in [5, 5.41) is 3.13. The van der Waals surface area contributed by atoms with Crippen LogP contribution in [0.25, 0.3) is 0 Å². The second-order valence-electron chi connectivity index (χ2n) is 7.56. The molecule has 1 atom stereocenters. The number of ether oxygens (including phenoxy) is 1. The van der Waals surface area contributed by atoms with Crippen molar-refractivity contribution >= 4 is 21.7 Å².